The Balaban J connectivity index is 1.79. The maximum absolute atomic E-state index is 13.5. The van der Waals surface area contributed by atoms with Gasteiger partial charge in [0, 0.05) is 41.2 Å². The van der Waals surface area contributed by atoms with Crippen molar-refractivity contribution in [1.29, 1.82) is 0 Å². The molecule has 1 N–H and O–H groups in total. The number of carbonyl (C=O) groups excluding carboxylic acids is 3. The van der Waals surface area contributed by atoms with Gasteiger partial charge in [0.15, 0.2) is 0 Å². The van der Waals surface area contributed by atoms with Gasteiger partial charge in [-0.15, -0.1) is 0 Å². The van der Waals surface area contributed by atoms with Gasteiger partial charge in [0.25, 0.3) is 15.9 Å². The van der Waals surface area contributed by atoms with Gasteiger partial charge in [-0.05, 0) is 50.5 Å². The van der Waals surface area contributed by atoms with Crippen LogP contribution in [0.5, 0.6) is 0 Å². The van der Waals surface area contributed by atoms with Gasteiger partial charge in [-0.3, -0.25) is 14.4 Å². The SMILES string of the molecule is CC[C@@H](C)NC(=O)[C@H](CC)N(Cc1c(Cl)cccc1Cl)C(=O)CCCN1C(=O)c2ccccc2S1(=O)=O. The van der Waals surface area contributed by atoms with Crippen molar-refractivity contribution in [3.05, 3.63) is 63.6 Å². The van der Waals surface area contributed by atoms with E-state index in [-0.39, 0.29) is 54.2 Å². The molecule has 0 saturated heterocycles. The zero-order valence-electron chi connectivity index (χ0n) is 21.0. The van der Waals surface area contributed by atoms with Crippen molar-refractivity contribution in [2.24, 2.45) is 0 Å². The lowest BCUT2D eigenvalue weighted by Gasteiger charge is -2.32. The minimum atomic E-state index is -3.96. The van der Waals surface area contributed by atoms with E-state index >= 15 is 0 Å². The van der Waals surface area contributed by atoms with Gasteiger partial charge < -0.3 is 10.2 Å². The molecule has 1 aliphatic heterocycles. The van der Waals surface area contributed by atoms with E-state index in [9.17, 15) is 22.8 Å². The molecular weight excluding hydrogens is 537 g/mol. The quantitative estimate of drug-likeness (QED) is 0.426. The summed E-state index contributed by atoms with van der Waals surface area (Å²) in [6.07, 6.45) is 1.09. The lowest BCUT2D eigenvalue weighted by molar-refractivity contribution is -0.141. The maximum atomic E-state index is 13.5. The van der Waals surface area contributed by atoms with Crippen LogP contribution in [0.3, 0.4) is 0 Å². The van der Waals surface area contributed by atoms with E-state index in [1.807, 2.05) is 20.8 Å². The van der Waals surface area contributed by atoms with Crippen LogP contribution in [0.15, 0.2) is 47.4 Å². The summed E-state index contributed by atoms with van der Waals surface area (Å²) in [7, 11) is -3.96. The summed E-state index contributed by atoms with van der Waals surface area (Å²) < 4.78 is 26.4. The summed E-state index contributed by atoms with van der Waals surface area (Å²) >= 11 is 12.7. The van der Waals surface area contributed by atoms with Crippen LogP contribution < -0.4 is 5.32 Å². The fourth-order valence-electron chi connectivity index (χ4n) is 4.18. The summed E-state index contributed by atoms with van der Waals surface area (Å²) in [5, 5.41) is 3.67. The highest BCUT2D eigenvalue weighted by Crippen LogP contribution is 2.31. The molecule has 37 heavy (non-hydrogen) atoms. The van der Waals surface area contributed by atoms with E-state index in [1.54, 1.807) is 30.3 Å². The van der Waals surface area contributed by atoms with Crippen molar-refractivity contribution < 1.29 is 22.8 Å². The van der Waals surface area contributed by atoms with Crippen LogP contribution in [-0.4, -0.2) is 54.0 Å². The molecule has 2 aromatic rings. The summed E-state index contributed by atoms with van der Waals surface area (Å²) in [6.45, 7) is 5.49. The van der Waals surface area contributed by atoms with E-state index in [4.69, 9.17) is 23.2 Å². The van der Waals surface area contributed by atoms with Gasteiger partial charge in [-0.2, -0.15) is 0 Å². The smallest absolute Gasteiger partial charge is 0.269 e. The van der Waals surface area contributed by atoms with Gasteiger partial charge in [0.05, 0.1) is 5.56 Å². The third-order valence-corrected chi connectivity index (χ3v) is 8.99. The molecule has 8 nitrogen and oxygen atoms in total. The van der Waals surface area contributed by atoms with Crippen molar-refractivity contribution in [3.63, 3.8) is 0 Å². The number of halogens is 2. The zero-order chi connectivity index (χ0) is 27.3. The maximum Gasteiger partial charge on any atom is 0.269 e. The molecule has 0 saturated carbocycles. The predicted molar refractivity (Wildman–Crippen MR) is 143 cm³/mol. The molecular formula is C26H31Cl2N3O5S. The van der Waals surface area contributed by atoms with Crippen LogP contribution in [0.4, 0.5) is 0 Å². The Labute approximate surface area is 228 Å². The number of fused-ring (bicyclic) bond motifs is 1. The summed E-state index contributed by atoms with van der Waals surface area (Å²) in [5.74, 6) is -1.27. The zero-order valence-corrected chi connectivity index (χ0v) is 23.4. The van der Waals surface area contributed by atoms with Crippen LogP contribution in [0.25, 0.3) is 0 Å². The lowest BCUT2D eigenvalue weighted by atomic mass is 10.1. The minimum Gasteiger partial charge on any atom is -0.352 e. The molecule has 1 aliphatic rings. The average molecular weight is 569 g/mol. The number of benzene rings is 2. The molecule has 3 amide bonds. The molecule has 0 aliphatic carbocycles. The Bertz CT molecular complexity index is 1260. The first-order valence-corrected chi connectivity index (χ1v) is 14.4. The van der Waals surface area contributed by atoms with Gasteiger partial charge in [0.1, 0.15) is 10.9 Å². The fourth-order valence-corrected chi connectivity index (χ4v) is 6.31. The van der Waals surface area contributed by atoms with Crippen molar-refractivity contribution in [2.75, 3.05) is 6.54 Å². The van der Waals surface area contributed by atoms with E-state index in [2.05, 4.69) is 5.32 Å². The van der Waals surface area contributed by atoms with Crippen LogP contribution >= 0.6 is 23.2 Å². The van der Waals surface area contributed by atoms with Gasteiger partial charge in [0.2, 0.25) is 11.8 Å². The van der Waals surface area contributed by atoms with Crippen molar-refractivity contribution >= 4 is 50.9 Å². The molecule has 200 valence electrons. The molecule has 1 heterocycles. The third-order valence-electron chi connectivity index (χ3n) is 6.44. The molecule has 11 heteroatoms. The molecule has 0 bridgehead atoms. The molecule has 0 aromatic heterocycles. The monoisotopic (exact) mass is 567 g/mol. The number of nitrogens with one attached hydrogen (secondary N) is 1. The van der Waals surface area contributed by atoms with Gasteiger partial charge in [-0.1, -0.05) is 55.2 Å². The molecule has 0 fully saturated rings. The Hall–Kier alpha value is -2.62. The van der Waals surface area contributed by atoms with E-state index in [1.165, 1.54) is 17.0 Å². The highest BCUT2D eigenvalue weighted by molar-refractivity contribution is 7.90. The topological polar surface area (TPSA) is 104 Å². The average Bonchev–Trinajstić information content (AvgIpc) is 3.06. The predicted octanol–water partition coefficient (Wildman–Crippen LogP) is 4.64. The van der Waals surface area contributed by atoms with E-state index in [0.717, 1.165) is 10.7 Å². The highest BCUT2D eigenvalue weighted by Gasteiger charge is 2.40. The lowest BCUT2D eigenvalue weighted by Crippen LogP contribution is -2.50. The highest BCUT2D eigenvalue weighted by atomic mass is 35.5. The van der Waals surface area contributed by atoms with Gasteiger partial charge >= 0.3 is 0 Å². The van der Waals surface area contributed by atoms with Crippen molar-refractivity contribution in [3.8, 4) is 0 Å². The second kappa shape index (κ2) is 12.3. The van der Waals surface area contributed by atoms with E-state index < -0.39 is 22.0 Å². The Kier molecular flexibility index (Phi) is 9.61. The van der Waals surface area contributed by atoms with Crippen molar-refractivity contribution in [2.45, 2.75) is 70.0 Å². The fraction of sp³-hybridized carbons (Fsp3) is 0.423. The summed E-state index contributed by atoms with van der Waals surface area (Å²) in [6, 6.07) is 10.2. The number of hydrogen-bond donors (Lipinski definition) is 1. The molecule has 2 atom stereocenters. The second-order valence-electron chi connectivity index (χ2n) is 8.95. The van der Waals surface area contributed by atoms with Gasteiger partial charge in [-0.25, -0.2) is 12.7 Å². The molecule has 0 spiro atoms. The Morgan fingerprint density at radius 1 is 1.03 bits per heavy atom. The molecule has 0 radical (unpaired) electrons. The first-order chi connectivity index (χ1) is 17.5. The number of nitrogens with zero attached hydrogens (tertiary/aromatic N) is 2. The standard InChI is InChI=1S/C26H31Cl2N3O5S/c1-4-17(3)29-25(33)22(5-2)30(16-19-20(27)11-8-12-21(19)28)24(32)14-9-15-31-26(34)18-10-6-7-13-23(18)37(31,35)36/h6-8,10-13,17,22H,4-5,9,14-16H2,1-3H3,(H,29,33)/t17-,22+/m1/s1. The first-order valence-electron chi connectivity index (χ1n) is 12.2. The normalized spacial score (nSPS) is 15.7. The number of sulfonamides is 1. The summed E-state index contributed by atoms with van der Waals surface area (Å²) in [5.41, 5.74) is 0.637. The molecule has 0 unspecified atom stereocenters. The van der Waals surface area contributed by atoms with Crippen LogP contribution in [0.2, 0.25) is 10.0 Å². The second-order valence-corrected chi connectivity index (χ2v) is 11.6. The Morgan fingerprint density at radius 3 is 2.27 bits per heavy atom. The van der Waals surface area contributed by atoms with Crippen LogP contribution in [-0.2, 0) is 26.2 Å². The van der Waals surface area contributed by atoms with Crippen LogP contribution in [0, 0.1) is 0 Å². The van der Waals surface area contributed by atoms with Crippen molar-refractivity contribution in [1.82, 2.24) is 14.5 Å². The molecule has 3 rings (SSSR count). The number of hydrogen-bond acceptors (Lipinski definition) is 5. The van der Waals surface area contributed by atoms with E-state index in [0.29, 0.717) is 22.0 Å². The Morgan fingerprint density at radius 2 is 1.68 bits per heavy atom. The third kappa shape index (κ3) is 6.27. The summed E-state index contributed by atoms with van der Waals surface area (Å²) in [4.78, 5) is 40.6. The van der Waals surface area contributed by atoms with Crippen LogP contribution in [0.1, 0.15) is 62.4 Å². The number of rotatable bonds is 11. The minimum absolute atomic E-state index is 0.0101. The first kappa shape index (κ1) is 28.9. The molecule has 2 aromatic carbocycles. The number of amides is 3. The number of carbonyl (C=O) groups is 3. The largest absolute Gasteiger partial charge is 0.352 e.